The number of hydrogen-bond donors (Lipinski definition) is 1. The summed E-state index contributed by atoms with van der Waals surface area (Å²) < 4.78 is 13.6. The second-order valence-electron chi connectivity index (χ2n) is 6.77. The van der Waals surface area contributed by atoms with Gasteiger partial charge in [-0.2, -0.15) is 5.10 Å². The van der Waals surface area contributed by atoms with E-state index in [2.05, 4.69) is 45.4 Å². The summed E-state index contributed by atoms with van der Waals surface area (Å²) in [5.74, 6) is 0.192. The van der Waals surface area contributed by atoms with Crippen LogP contribution in [0.1, 0.15) is 30.0 Å². The molecule has 0 amide bonds. The van der Waals surface area contributed by atoms with Crippen molar-refractivity contribution in [3.05, 3.63) is 77.9 Å². The summed E-state index contributed by atoms with van der Waals surface area (Å²) in [5, 5.41) is 7.43. The Balaban J connectivity index is 1.53. The Hall–Kier alpha value is -2.46. The van der Waals surface area contributed by atoms with Gasteiger partial charge < -0.3 is 0 Å². The number of aromatic nitrogens is 2. The maximum absolute atomic E-state index is 13.6. The van der Waals surface area contributed by atoms with Crippen molar-refractivity contribution in [3.8, 4) is 11.1 Å². The molecule has 25 heavy (non-hydrogen) atoms. The Morgan fingerprint density at radius 2 is 2.00 bits per heavy atom. The molecule has 0 bridgehead atoms. The molecule has 0 saturated carbocycles. The monoisotopic (exact) mass is 335 g/mol. The van der Waals surface area contributed by atoms with Crippen LogP contribution in [-0.4, -0.2) is 28.2 Å². The number of hydrogen-bond acceptors (Lipinski definition) is 2. The molecule has 0 aliphatic carbocycles. The zero-order valence-corrected chi connectivity index (χ0v) is 14.2. The number of nitrogens with one attached hydrogen (secondary N) is 1. The van der Waals surface area contributed by atoms with Crippen LogP contribution >= 0.6 is 0 Å². The molecule has 0 spiro atoms. The molecular weight excluding hydrogens is 313 g/mol. The molecule has 1 aliphatic heterocycles. The van der Waals surface area contributed by atoms with E-state index in [1.165, 1.54) is 18.1 Å². The van der Waals surface area contributed by atoms with Crippen LogP contribution in [0.5, 0.6) is 0 Å². The fraction of sp³-hybridized carbons (Fsp3) is 0.286. The van der Waals surface area contributed by atoms with Crippen LogP contribution in [0.25, 0.3) is 11.1 Å². The van der Waals surface area contributed by atoms with Crippen molar-refractivity contribution in [3.63, 3.8) is 0 Å². The highest BCUT2D eigenvalue weighted by Crippen LogP contribution is 2.33. The third-order valence-electron chi connectivity index (χ3n) is 4.97. The minimum atomic E-state index is -0.209. The van der Waals surface area contributed by atoms with Gasteiger partial charge >= 0.3 is 0 Å². The number of benzene rings is 2. The van der Waals surface area contributed by atoms with Gasteiger partial charge in [-0.05, 0) is 42.6 Å². The van der Waals surface area contributed by atoms with E-state index in [1.807, 2.05) is 12.3 Å². The van der Waals surface area contributed by atoms with E-state index in [4.69, 9.17) is 0 Å². The highest BCUT2D eigenvalue weighted by Gasteiger charge is 2.25. The van der Waals surface area contributed by atoms with Crippen LogP contribution in [-0.2, 0) is 6.54 Å². The van der Waals surface area contributed by atoms with E-state index < -0.39 is 0 Å². The van der Waals surface area contributed by atoms with Gasteiger partial charge in [-0.3, -0.25) is 10.00 Å². The van der Waals surface area contributed by atoms with Crippen molar-refractivity contribution in [1.29, 1.82) is 0 Å². The zero-order valence-electron chi connectivity index (χ0n) is 14.2. The first-order chi connectivity index (χ1) is 12.3. The standard InChI is InChI=1S/C21H22FN3/c22-19-10-4-8-17(12-19)20-13-23-24-21(20)18-9-5-11-25(15-18)14-16-6-2-1-3-7-16/h1-4,6-8,10,12-13,18H,5,9,11,14-15H2,(H,23,24)/t18-/m0/s1. The van der Waals surface area contributed by atoms with Crippen molar-refractivity contribution in [2.24, 2.45) is 0 Å². The zero-order chi connectivity index (χ0) is 17.1. The number of piperidine rings is 1. The van der Waals surface area contributed by atoms with E-state index in [-0.39, 0.29) is 5.82 Å². The van der Waals surface area contributed by atoms with Crippen molar-refractivity contribution in [2.75, 3.05) is 13.1 Å². The number of rotatable bonds is 4. The summed E-state index contributed by atoms with van der Waals surface area (Å²) in [4.78, 5) is 2.50. The number of nitrogens with zero attached hydrogens (tertiary/aromatic N) is 2. The predicted molar refractivity (Wildman–Crippen MR) is 97.7 cm³/mol. The van der Waals surface area contributed by atoms with Gasteiger partial charge in [-0.25, -0.2) is 4.39 Å². The number of aromatic amines is 1. The Morgan fingerprint density at radius 1 is 1.12 bits per heavy atom. The molecule has 2 heterocycles. The topological polar surface area (TPSA) is 31.9 Å². The van der Waals surface area contributed by atoms with Crippen LogP contribution in [0.2, 0.25) is 0 Å². The van der Waals surface area contributed by atoms with Crippen molar-refractivity contribution in [1.82, 2.24) is 15.1 Å². The molecule has 1 saturated heterocycles. The third kappa shape index (κ3) is 3.64. The fourth-order valence-corrected chi connectivity index (χ4v) is 3.77. The van der Waals surface area contributed by atoms with Gasteiger partial charge in [0, 0.05) is 30.3 Å². The lowest BCUT2D eigenvalue weighted by molar-refractivity contribution is 0.198. The average molecular weight is 335 g/mol. The molecule has 3 aromatic rings. The first-order valence-corrected chi connectivity index (χ1v) is 8.85. The summed E-state index contributed by atoms with van der Waals surface area (Å²) in [6.45, 7) is 3.09. The highest BCUT2D eigenvalue weighted by atomic mass is 19.1. The molecule has 4 heteroatoms. The molecule has 1 N–H and O–H groups in total. The van der Waals surface area contributed by atoms with Crippen molar-refractivity contribution >= 4 is 0 Å². The molecule has 0 unspecified atom stereocenters. The van der Waals surface area contributed by atoms with E-state index in [0.717, 1.165) is 42.9 Å². The summed E-state index contributed by atoms with van der Waals surface area (Å²) in [7, 11) is 0. The van der Waals surface area contributed by atoms with Crippen LogP contribution < -0.4 is 0 Å². The summed E-state index contributed by atoms with van der Waals surface area (Å²) in [6.07, 6.45) is 4.12. The van der Waals surface area contributed by atoms with Crippen LogP contribution in [0, 0.1) is 5.82 Å². The largest absolute Gasteiger partial charge is 0.298 e. The molecule has 1 aliphatic rings. The van der Waals surface area contributed by atoms with Gasteiger partial charge in [-0.1, -0.05) is 42.5 Å². The van der Waals surface area contributed by atoms with Gasteiger partial charge in [0.2, 0.25) is 0 Å². The molecule has 4 rings (SSSR count). The van der Waals surface area contributed by atoms with Gasteiger partial charge in [0.25, 0.3) is 0 Å². The fourth-order valence-electron chi connectivity index (χ4n) is 3.77. The highest BCUT2D eigenvalue weighted by molar-refractivity contribution is 5.65. The minimum Gasteiger partial charge on any atom is -0.298 e. The van der Waals surface area contributed by atoms with E-state index in [9.17, 15) is 4.39 Å². The van der Waals surface area contributed by atoms with E-state index >= 15 is 0 Å². The molecule has 3 nitrogen and oxygen atoms in total. The molecule has 1 atom stereocenters. The second kappa shape index (κ2) is 7.19. The van der Waals surface area contributed by atoms with E-state index in [0.29, 0.717) is 5.92 Å². The van der Waals surface area contributed by atoms with Crippen LogP contribution in [0.3, 0.4) is 0 Å². The second-order valence-corrected chi connectivity index (χ2v) is 6.77. The lowest BCUT2D eigenvalue weighted by Gasteiger charge is -2.32. The summed E-state index contributed by atoms with van der Waals surface area (Å²) >= 11 is 0. The first-order valence-electron chi connectivity index (χ1n) is 8.85. The average Bonchev–Trinajstić information content (AvgIpc) is 3.13. The lowest BCUT2D eigenvalue weighted by Crippen LogP contribution is -2.34. The molecule has 0 radical (unpaired) electrons. The number of H-pyrrole nitrogens is 1. The van der Waals surface area contributed by atoms with Crippen LogP contribution in [0.4, 0.5) is 4.39 Å². The number of likely N-dealkylation sites (tertiary alicyclic amines) is 1. The Morgan fingerprint density at radius 3 is 2.84 bits per heavy atom. The quantitative estimate of drug-likeness (QED) is 0.756. The molecule has 128 valence electrons. The number of halogens is 1. The third-order valence-corrected chi connectivity index (χ3v) is 4.97. The lowest BCUT2D eigenvalue weighted by atomic mass is 9.90. The Labute approximate surface area is 147 Å². The summed E-state index contributed by atoms with van der Waals surface area (Å²) in [5.41, 5.74) is 4.39. The Kier molecular flexibility index (Phi) is 4.61. The van der Waals surface area contributed by atoms with Crippen LogP contribution in [0.15, 0.2) is 60.8 Å². The Bertz CT molecular complexity index is 828. The summed E-state index contributed by atoms with van der Waals surface area (Å²) in [6, 6.07) is 17.4. The molecule has 1 fully saturated rings. The SMILES string of the molecule is Fc1cccc(-c2cn[nH]c2[C@H]2CCCN(Cc3ccccc3)C2)c1. The van der Waals surface area contributed by atoms with Gasteiger partial charge in [-0.15, -0.1) is 0 Å². The molecule has 1 aromatic heterocycles. The van der Waals surface area contributed by atoms with E-state index in [1.54, 1.807) is 12.1 Å². The normalized spacial score (nSPS) is 18.4. The molecule has 2 aromatic carbocycles. The first kappa shape index (κ1) is 16.0. The minimum absolute atomic E-state index is 0.209. The van der Waals surface area contributed by atoms with Gasteiger partial charge in [0.05, 0.1) is 6.20 Å². The van der Waals surface area contributed by atoms with Gasteiger partial charge in [0.1, 0.15) is 5.82 Å². The van der Waals surface area contributed by atoms with Crippen molar-refractivity contribution in [2.45, 2.75) is 25.3 Å². The predicted octanol–water partition coefficient (Wildman–Crippen LogP) is 4.60. The van der Waals surface area contributed by atoms with Crippen molar-refractivity contribution < 1.29 is 4.39 Å². The van der Waals surface area contributed by atoms with Gasteiger partial charge in [0.15, 0.2) is 0 Å². The maximum Gasteiger partial charge on any atom is 0.123 e. The maximum atomic E-state index is 13.6. The smallest absolute Gasteiger partial charge is 0.123 e. The molecular formula is C21H22FN3.